The molecule has 2 fully saturated rings. The summed E-state index contributed by atoms with van der Waals surface area (Å²) >= 11 is 0. The predicted octanol–water partition coefficient (Wildman–Crippen LogP) is 1.99. The normalized spacial score (nSPS) is 26.3. The fourth-order valence-corrected chi connectivity index (χ4v) is 4.93. The Labute approximate surface area is 164 Å². The minimum Gasteiger partial charge on any atom is -0.322 e. The molecule has 0 aliphatic carbocycles. The second-order valence-corrected chi connectivity index (χ2v) is 7.95. The standard InChI is InChI=1S/C19H25N9/c1-12-7-17(26-25-12)23-18-11-21-16-10-22-28(19(16)24-18)15-8-13-3-4-14(9-15)27(13)6-2-5-20/h7,11,13-15,22H,2-4,6,8-10H2,1H3,(H2,23,24,25,26)/t13-,14+,15?. The van der Waals surface area contributed by atoms with Gasteiger partial charge in [-0.1, -0.05) is 0 Å². The maximum atomic E-state index is 8.93. The number of hydrogen-bond donors (Lipinski definition) is 3. The number of H-pyrrole nitrogens is 1. The molecule has 3 aliphatic heterocycles. The van der Waals surface area contributed by atoms with Crippen molar-refractivity contribution in [2.24, 2.45) is 0 Å². The lowest BCUT2D eigenvalue weighted by molar-refractivity contribution is 0.125. The van der Waals surface area contributed by atoms with Gasteiger partial charge in [0.2, 0.25) is 0 Å². The number of hydrogen-bond acceptors (Lipinski definition) is 8. The summed E-state index contributed by atoms with van der Waals surface area (Å²) in [6, 6.07) is 5.80. The Kier molecular flexibility index (Phi) is 4.37. The van der Waals surface area contributed by atoms with E-state index >= 15 is 0 Å². The molecule has 1 unspecified atom stereocenters. The van der Waals surface area contributed by atoms with Gasteiger partial charge < -0.3 is 5.32 Å². The third-order valence-electron chi connectivity index (χ3n) is 6.14. The number of nitriles is 1. The van der Waals surface area contributed by atoms with Crippen molar-refractivity contribution in [1.29, 1.82) is 5.26 Å². The maximum absolute atomic E-state index is 8.93. The SMILES string of the molecule is Cc1cc(Nc2cnc3c(n2)N(C2C[C@H]4CC[C@@H](C2)N4CCC#N)NC3)n[nH]1. The maximum Gasteiger partial charge on any atom is 0.168 e. The Morgan fingerprint density at radius 1 is 1.25 bits per heavy atom. The second kappa shape index (κ2) is 7.04. The summed E-state index contributed by atoms with van der Waals surface area (Å²) < 4.78 is 0. The molecular formula is C19H25N9. The van der Waals surface area contributed by atoms with E-state index in [0.29, 0.717) is 36.9 Å². The molecule has 2 aromatic rings. The van der Waals surface area contributed by atoms with Gasteiger partial charge in [-0.05, 0) is 32.6 Å². The molecule has 0 amide bonds. The quantitative estimate of drug-likeness (QED) is 0.724. The van der Waals surface area contributed by atoms with E-state index in [1.807, 2.05) is 13.0 Å². The van der Waals surface area contributed by atoms with Gasteiger partial charge in [-0.15, -0.1) is 0 Å². The molecule has 9 heteroatoms. The zero-order valence-electron chi connectivity index (χ0n) is 16.0. The minimum absolute atomic E-state index is 0.411. The zero-order chi connectivity index (χ0) is 19.1. The molecule has 0 radical (unpaired) electrons. The molecule has 3 atom stereocenters. The van der Waals surface area contributed by atoms with Crippen molar-refractivity contribution in [3.8, 4) is 6.07 Å². The number of aryl methyl sites for hydroxylation is 1. The lowest BCUT2D eigenvalue weighted by Gasteiger charge is -2.42. The fraction of sp³-hybridized carbons (Fsp3) is 0.579. The third kappa shape index (κ3) is 3.08. The van der Waals surface area contributed by atoms with E-state index < -0.39 is 0 Å². The number of anilines is 3. The molecule has 2 saturated heterocycles. The van der Waals surface area contributed by atoms with E-state index in [1.165, 1.54) is 12.8 Å². The summed E-state index contributed by atoms with van der Waals surface area (Å²) in [4.78, 5) is 12.0. The van der Waals surface area contributed by atoms with Crippen molar-refractivity contribution in [1.82, 2.24) is 30.5 Å². The Bertz CT molecular complexity index is 887. The lowest BCUT2D eigenvalue weighted by Crippen LogP contribution is -2.53. The minimum atomic E-state index is 0.411. The van der Waals surface area contributed by atoms with E-state index in [2.05, 4.69) is 41.9 Å². The van der Waals surface area contributed by atoms with Crippen LogP contribution in [0, 0.1) is 18.3 Å². The first-order valence-electron chi connectivity index (χ1n) is 10.0. The number of aromatic amines is 1. The molecule has 28 heavy (non-hydrogen) atoms. The number of nitrogens with zero attached hydrogens (tertiary/aromatic N) is 6. The van der Waals surface area contributed by atoms with Crippen LogP contribution in [0.3, 0.4) is 0 Å². The molecular weight excluding hydrogens is 354 g/mol. The average Bonchev–Trinajstić information content (AvgIpc) is 3.36. The molecule has 0 aromatic carbocycles. The van der Waals surface area contributed by atoms with E-state index in [1.54, 1.807) is 6.20 Å². The molecule has 5 heterocycles. The smallest absolute Gasteiger partial charge is 0.168 e. The lowest BCUT2D eigenvalue weighted by atomic mass is 9.96. The number of aromatic nitrogens is 4. The number of fused-ring (bicyclic) bond motifs is 3. The summed E-state index contributed by atoms with van der Waals surface area (Å²) in [5.41, 5.74) is 5.49. The predicted molar refractivity (Wildman–Crippen MR) is 105 cm³/mol. The Balaban J connectivity index is 1.32. The molecule has 3 N–H and O–H groups in total. The van der Waals surface area contributed by atoms with Gasteiger partial charge in [-0.2, -0.15) is 10.4 Å². The van der Waals surface area contributed by atoms with Gasteiger partial charge in [-0.25, -0.2) is 10.4 Å². The van der Waals surface area contributed by atoms with Crippen LogP contribution in [-0.4, -0.2) is 49.7 Å². The molecule has 9 nitrogen and oxygen atoms in total. The van der Waals surface area contributed by atoms with Crippen LogP contribution in [0.1, 0.15) is 43.5 Å². The van der Waals surface area contributed by atoms with Crippen molar-refractivity contribution >= 4 is 17.5 Å². The highest BCUT2D eigenvalue weighted by Gasteiger charge is 2.43. The van der Waals surface area contributed by atoms with Crippen LogP contribution in [-0.2, 0) is 6.54 Å². The summed E-state index contributed by atoms with van der Waals surface area (Å²) in [7, 11) is 0. The van der Waals surface area contributed by atoms with Gasteiger partial charge >= 0.3 is 0 Å². The Morgan fingerprint density at radius 2 is 2.07 bits per heavy atom. The number of hydrazine groups is 1. The molecule has 0 saturated carbocycles. The summed E-state index contributed by atoms with van der Waals surface area (Å²) in [5, 5.41) is 21.5. The summed E-state index contributed by atoms with van der Waals surface area (Å²) in [6.07, 6.45) is 7.06. The van der Waals surface area contributed by atoms with Crippen LogP contribution in [0.15, 0.2) is 12.3 Å². The third-order valence-corrected chi connectivity index (χ3v) is 6.14. The van der Waals surface area contributed by atoms with E-state index in [-0.39, 0.29) is 0 Å². The largest absolute Gasteiger partial charge is 0.322 e. The second-order valence-electron chi connectivity index (χ2n) is 7.95. The van der Waals surface area contributed by atoms with Crippen molar-refractivity contribution < 1.29 is 0 Å². The van der Waals surface area contributed by atoms with Crippen LogP contribution in [0.4, 0.5) is 17.5 Å². The number of nitrogens with one attached hydrogen (secondary N) is 3. The van der Waals surface area contributed by atoms with Crippen molar-refractivity contribution in [3.63, 3.8) is 0 Å². The van der Waals surface area contributed by atoms with E-state index in [9.17, 15) is 0 Å². The van der Waals surface area contributed by atoms with Crippen molar-refractivity contribution in [2.45, 2.75) is 63.7 Å². The van der Waals surface area contributed by atoms with Gasteiger partial charge in [0.25, 0.3) is 0 Å². The highest BCUT2D eigenvalue weighted by Crippen LogP contribution is 2.39. The summed E-state index contributed by atoms with van der Waals surface area (Å²) in [6.45, 7) is 3.59. The first kappa shape index (κ1) is 17.4. The monoisotopic (exact) mass is 379 g/mol. The highest BCUT2D eigenvalue weighted by atomic mass is 15.6. The Hall–Kier alpha value is -2.70. The molecule has 5 rings (SSSR count). The summed E-state index contributed by atoms with van der Waals surface area (Å²) in [5.74, 6) is 2.37. The topological polar surface area (TPSA) is 109 Å². The van der Waals surface area contributed by atoms with E-state index in [0.717, 1.165) is 42.4 Å². The van der Waals surface area contributed by atoms with Crippen LogP contribution >= 0.6 is 0 Å². The average molecular weight is 379 g/mol. The molecule has 146 valence electrons. The van der Waals surface area contributed by atoms with Crippen molar-refractivity contribution in [2.75, 3.05) is 16.9 Å². The van der Waals surface area contributed by atoms with Gasteiger partial charge in [0.15, 0.2) is 17.5 Å². The zero-order valence-corrected chi connectivity index (χ0v) is 16.0. The number of piperidine rings is 1. The van der Waals surface area contributed by atoms with E-state index in [4.69, 9.17) is 10.2 Å². The van der Waals surface area contributed by atoms with Crippen LogP contribution < -0.4 is 15.8 Å². The first-order valence-corrected chi connectivity index (χ1v) is 10.0. The molecule has 2 bridgehead atoms. The molecule has 0 spiro atoms. The van der Waals surface area contributed by atoms with Gasteiger partial charge in [-0.3, -0.25) is 20.0 Å². The van der Waals surface area contributed by atoms with Crippen LogP contribution in [0.2, 0.25) is 0 Å². The molecule has 3 aliphatic rings. The van der Waals surface area contributed by atoms with Crippen LogP contribution in [0.5, 0.6) is 0 Å². The van der Waals surface area contributed by atoms with Crippen molar-refractivity contribution in [3.05, 3.63) is 23.7 Å². The van der Waals surface area contributed by atoms with Crippen LogP contribution in [0.25, 0.3) is 0 Å². The first-order chi connectivity index (χ1) is 13.7. The van der Waals surface area contributed by atoms with Gasteiger partial charge in [0.1, 0.15) is 5.69 Å². The Morgan fingerprint density at radius 3 is 2.79 bits per heavy atom. The highest BCUT2D eigenvalue weighted by molar-refractivity contribution is 5.57. The van der Waals surface area contributed by atoms with Gasteiger partial charge in [0.05, 0.1) is 24.9 Å². The fourth-order valence-electron chi connectivity index (χ4n) is 4.93. The number of rotatable bonds is 5. The molecule has 2 aromatic heterocycles. The van der Waals surface area contributed by atoms with Gasteiger partial charge in [0, 0.05) is 36.8 Å².